The minimum Gasteiger partial charge on any atom is -0.497 e. The van der Waals surface area contributed by atoms with Crippen molar-refractivity contribution in [2.24, 2.45) is 0 Å². The summed E-state index contributed by atoms with van der Waals surface area (Å²) in [4.78, 5) is 45.0. The molecular weight excluding hydrogens is 544 g/mol. The summed E-state index contributed by atoms with van der Waals surface area (Å²) in [5.74, 6) is -1.99. The van der Waals surface area contributed by atoms with Gasteiger partial charge >= 0.3 is 0 Å². The van der Waals surface area contributed by atoms with Crippen LogP contribution in [0.2, 0.25) is 0 Å². The lowest BCUT2D eigenvalue weighted by Gasteiger charge is -2.37. The summed E-state index contributed by atoms with van der Waals surface area (Å²) in [6.07, 6.45) is 0.856. The van der Waals surface area contributed by atoms with Gasteiger partial charge in [-0.25, -0.2) is 8.78 Å². The summed E-state index contributed by atoms with van der Waals surface area (Å²) in [6, 6.07) is 14.8. The number of nitrogens with one attached hydrogen (secondary N) is 2. The lowest BCUT2D eigenvalue weighted by molar-refractivity contribution is 0.0743. The maximum atomic E-state index is 13.7. The number of rotatable bonds is 6. The highest BCUT2D eigenvalue weighted by Gasteiger charge is 2.26. The van der Waals surface area contributed by atoms with Crippen LogP contribution in [0.15, 0.2) is 60.7 Å². The number of carbonyl (C=O) groups excluding carboxylic acids is 3. The third-order valence-corrected chi connectivity index (χ3v) is 7.47. The molecule has 3 aromatic carbocycles. The van der Waals surface area contributed by atoms with Gasteiger partial charge in [0, 0.05) is 68.6 Å². The molecule has 9 nitrogen and oxygen atoms in total. The van der Waals surface area contributed by atoms with Gasteiger partial charge in [0.15, 0.2) is 0 Å². The molecule has 2 fully saturated rings. The van der Waals surface area contributed by atoms with E-state index in [9.17, 15) is 23.2 Å². The zero-order chi connectivity index (χ0) is 29.6. The Morgan fingerprint density at radius 3 is 2.21 bits per heavy atom. The lowest BCUT2D eigenvalue weighted by Crippen LogP contribution is -2.49. The molecule has 0 aromatic heterocycles. The molecule has 2 aliphatic heterocycles. The SMILES string of the molecule is COc1cccc(C(=O)Nc2cc(C(=O)N3CCCNCC3)ccc2N2CCN(C(=O)c3cc(F)cc(F)c3)CC2)c1. The largest absolute Gasteiger partial charge is 0.497 e. The second-order valence-corrected chi connectivity index (χ2v) is 10.3. The van der Waals surface area contributed by atoms with Crippen LogP contribution in [0.3, 0.4) is 0 Å². The van der Waals surface area contributed by atoms with Gasteiger partial charge in [0.2, 0.25) is 0 Å². The van der Waals surface area contributed by atoms with E-state index in [1.165, 1.54) is 7.11 Å². The lowest BCUT2D eigenvalue weighted by atomic mass is 10.1. The van der Waals surface area contributed by atoms with Crippen LogP contribution in [0.4, 0.5) is 20.2 Å². The fourth-order valence-electron chi connectivity index (χ4n) is 5.25. The average Bonchev–Trinajstić information content (AvgIpc) is 3.30. The minimum absolute atomic E-state index is 0.0428. The molecule has 0 atom stereocenters. The molecule has 220 valence electrons. The van der Waals surface area contributed by atoms with E-state index in [1.54, 1.807) is 41.3 Å². The Labute approximate surface area is 243 Å². The highest BCUT2D eigenvalue weighted by molar-refractivity contribution is 6.07. The van der Waals surface area contributed by atoms with E-state index in [4.69, 9.17) is 4.74 Å². The van der Waals surface area contributed by atoms with E-state index < -0.39 is 17.5 Å². The maximum absolute atomic E-state index is 13.7. The van der Waals surface area contributed by atoms with Crippen molar-refractivity contribution in [3.63, 3.8) is 0 Å². The number of amides is 3. The van der Waals surface area contributed by atoms with Crippen molar-refractivity contribution in [2.45, 2.75) is 6.42 Å². The Balaban J connectivity index is 1.38. The Morgan fingerprint density at radius 1 is 0.762 bits per heavy atom. The molecule has 0 unspecified atom stereocenters. The zero-order valence-electron chi connectivity index (χ0n) is 23.4. The van der Waals surface area contributed by atoms with E-state index in [-0.39, 0.29) is 17.4 Å². The monoisotopic (exact) mass is 577 g/mol. The summed E-state index contributed by atoms with van der Waals surface area (Å²) in [6.45, 7) is 4.25. The standard InChI is InChI=1S/C31H33F2N5O4/c1-42-26-5-2-4-21(18-26)29(39)35-27-19-22(30(40)37-10-3-8-34-9-11-37)6-7-28(27)36-12-14-38(15-13-36)31(41)23-16-24(32)20-25(33)17-23/h2,4-7,16-20,34H,3,8-15H2,1H3,(H,35,39). The first-order valence-electron chi connectivity index (χ1n) is 13.9. The van der Waals surface area contributed by atoms with E-state index in [0.717, 1.165) is 31.2 Å². The number of anilines is 2. The first kappa shape index (κ1) is 29.0. The Bertz CT molecular complexity index is 1450. The fourth-order valence-corrected chi connectivity index (χ4v) is 5.25. The van der Waals surface area contributed by atoms with Crippen LogP contribution in [-0.4, -0.2) is 87.0 Å². The summed E-state index contributed by atoms with van der Waals surface area (Å²) in [5, 5.41) is 6.27. The smallest absolute Gasteiger partial charge is 0.255 e. The fraction of sp³-hybridized carbons (Fsp3) is 0.323. The van der Waals surface area contributed by atoms with Gasteiger partial charge in [-0.2, -0.15) is 0 Å². The number of hydrogen-bond donors (Lipinski definition) is 2. The molecule has 3 aromatic rings. The normalized spacial score (nSPS) is 15.6. The molecule has 0 saturated carbocycles. The van der Waals surface area contributed by atoms with Crippen LogP contribution in [0.5, 0.6) is 5.75 Å². The van der Waals surface area contributed by atoms with E-state index in [0.29, 0.717) is 74.1 Å². The van der Waals surface area contributed by atoms with E-state index >= 15 is 0 Å². The molecule has 2 heterocycles. The third kappa shape index (κ3) is 6.68. The van der Waals surface area contributed by atoms with Gasteiger partial charge in [0.1, 0.15) is 17.4 Å². The number of benzene rings is 3. The molecule has 2 saturated heterocycles. The number of methoxy groups -OCH3 is 1. The number of ether oxygens (including phenoxy) is 1. The summed E-state index contributed by atoms with van der Waals surface area (Å²) in [5.41, 5.74) is 1.98. The highest BCUT2D eigenvalue weighted by atomic mass is 19.1. The molecular formula is C31H33F2N5O4. The number of carbonyl (C=O) groups is 3. The molecule has 5 rings (SSSR count). The Kier molecular flexibility index (Phi) is 8.97. The second kappa shape index (κ2) is 13.0. The van der Waals surface area contributed by atoms with Gasteiger partial charge in [-0.1, -0.05) is 6.07 Å². The van der Waals surface area contributed by atoms with Gasteiger partial charge in [0.05, 0.1) is 18.5 Å². The number of halogens is 2. The van der Waals surface area contributed by atoms with Crippen LogP contribution < -0.4 is 20.3 Å². The Hall–Kier alpha value is -4.51. The maximum Gasteiger partial charge on any atom is 0.255 e. The molecule has 3 amide bonds. The first-order chi connectivity index (χ1) is 20.3. The van der Waals surface area contributed by atoms with Crippen molar-refractivity contribution in [1.82, 2.24) is 15.1 Å². The van der Waals surface area contributed by atoms with Crippen LogP contribution >= 0.6 is 0 Å². The number of hydrogen-bond acceptors (Lipinski definition) is 6. The molecule has 11 heteroatoms. The van der Waals surface area contributed by atoms with Crippen molar-refractivity contribution in [2.75, 3.05) is 69.7 Å². The van der Waals surface area contributed by atoms with Crippen molar-refractivity contribution in [1.29, 1.82) is 0 Å². The van der Waals surface area contributed by atoms with Crippen LogP contribution in [-0.2, 0) is 0 Å². The van der Waals surface area contributed by atoms with E-state index in [2.05, 4.69) is 10.6 Å². The van der Waals surface area contributed by atoms with Crippen molar-refractivity contribution >= 4 is 29.1 Å². The van der Waals surface area contributed by atoms with Crippen molar-refractivity contribution in [3.8, 4) is 5.75 Å². The molecule has 0 aliphatic carbocycles. The predicted octanol–water partition coefficient (Wildman–Crippen LogP) is 3.62. The average molecular weight is 578 g/mol. The van der Waals surface area contributed by atoms with Gasteiger partial charge in [0.25, 0.3) is 17.7 Å². The van der Waals surface area contributed by atoms with Gasteiger partial charge in [-0.05, 0) is 61.5 Å². The van der Waals surface area contributed by atoms with E-state index in [1.807, 2.05) is 15.9 Å². The van der Waals surface area contributed by atoms with Crippen LogP contribution in [0.1, 0.15) is 37.5 Å². The molecule has 2 aliphatic rings. The summed E-state index contributed by atoms with van der Waals surface area (Å²) < 4.78 is 32.6. The van der Waals surface area contributed by atoms with Gasteiger partial charge in [-0.3, -0.25) is 14.4 Å². The van der Waals surface area contributed by atoms with Crippen molar-refractivity contribution < 1.29 is 27.9 Å². The Morgan fingerprint density at radius 2 is 1.48 bits per heavy atom. The molecule has 0 radical (unpaired) electrons. The molecule has 0 bridgehead atoms. The molecule has 2 N–H and O–H groups in total. The van der Waals surface area contributed by atoms with Crippen LogP contribution in [0.25, 0.3) is 0 Å². The quantitative estimate of drug-likeness (QED) is 0.465. The van der Waals surface area contributed by atoms with Gasteiger partial charge in [-0.15, -0.1) is 0 Å². The highest BCUT2D eigenvalue weighted by Crippen LogP contribution is 2.30. The van der Waals surface area contributed by atoms with Gasteiger partial charge < -0.3 is 30.1 Å². The number of nitrogens with zero attached hydrogens (tertiary/aromatic N) is 3. The topological polar surface area (TPSA) is 94.2 Å². The minimum atomic E-state index is -0.806. The third-order valence-electron chi connectivity index (χ3n) is 7.47. The summed E-state index contributed by atoms with van der Waals surface area (Å²) >= 11 is 0. The predicted molar refractivity (Wildman–Crippen MR) is 155 cm³/mol. The number of piperazine rings is 1. The molecule has 42 heavy (non-hydrogen) atoms. The van der Waals surface area contributed by atoms with Crippen molar-refractivity contribution in [3.05, 3.63) is 89.0 Å². The zero-order valence-corrected chi connectivity index (χ0v) is 23.4. The second-order valence-electron chi connectivity index (χ2n) is 10.3. The molecule has 0 spiro atoms. The first-order valence-corrected chi connectivity index (χ1v) is 13.9. The summed E-state index contributed by atoms with van der Waals surface area (Å²) in [7, 11) is 1.53. The van der Waals surface area contributed by atoms with Crippen LogP contribution in [0, 0.1) is 11.6 Å².